The van der Waals surface area contributed by atoms with Crippen LogP contribution in [0.1, 0.15) is 51.1 Å². The number of nitriles is 1. The molecule has 0 spiro atoms. The lowest BCUT2D eigenvalue weighted by molar-refractivity contribution is 0.221. The molecule has 2 aromatic carbocycles. The van der Waals surface area contributed by atoms with E-state index in [4.69, 9.17) is 0 Å². The van der Waals surface area contributed by atoms with Crippen LogP contribution in [0.5, 0.6) is 0 Å². The van der Waals surface area contributed by atoms with Crippen molar-refractivity contribution >= 4 is 32.8 Å². The molecule has 11 nitrogen and oxygen atoms in total. The molecule has 1 aliphatic rings. The molecule has 1 aliphatic carbocycles. The van der Waals surface area contributed by atoms with Gasteiger partial charge in [0.1, 0.15) is 28.0 Å². The van der Waals surface area contributed by atoms with E-state index in [1.165, 1.54) is 41.0 Å². The van der Waals surface area contributed by atoms with Crippen LogP contribution in [0.15, 0.2) is 58.4 Å². The average Bonchev–Trinajstić information content (AvgIpc) is 2.98. The molecule has 224 valence electrons. The Kier molecular flexibility index (Phi) is 8.43. The van der Waals surface area contributed by atoms with Crippen molar-refractivity contribution in [2.75, 3.05) is 24.1 Å². The highest BCUT2D eigenvalue weighted by Gasteiger charge is 2.24. The van der Waals surface area contributed by atoms with Gasteiger partial charge in [0, 0.05) is 23.7 Å². The number of fused-ring (bicyclic) bond motifs is 1. The molecule has 0 radical (unpaired) electrons. The minimum Gasteiger partial charge on any atom is -0.351 e. The largest absolute Gasteiger partial charge is 0.351 e. The molecule has 0 saturated heterocycles. The average molecular weight is 605 g/mol. The molecule has 13 heteroatoms. The Morgan fingerprint density at radius 1 is 1.09 bits per heavy atom. The van der Waals surface area contributed by atoms with E-state index in [1.54, 1.807) is 6.20 Å². The zero-order valence-corrected chi connectivity index (χ0v) is 25.2. The lowest BCUT2D eigenvalue weighted by Crippen LogP contribution is -2.36. The van der Waals surface area contributed by atoms with Gasteiger partial charge in [-0.15, -0.1) is 0 Å². The summed E-state index contributed by atoms with van der Waals surface area (Å²) in [6.45, 7) is 3.69. The van der Waals surface area contributed by atoms with Crippen LogP contribution in [0.2, 0.25) is 0 Å². The number of nitrogens with zero attached hydrogens (tertiary/aromatic N) is 6. The Labute approximate surface area is 249 Å². The van der Waals surface area contributed by atoms with Gasteiger partial charge >= 0.3 is 0 Å². The first kappa shape index (κ1) is 30.1. The first-order valence-corrected chi connectivity index (χ1v) is 15.5. The number of rotatable bonds is 8. The molecule has 0 amide bonds. The quantitative estimate of drug-likeness (QED) is 0.296. The van der Waals surface area contributed by atoms with Gasteiger partial charge in [-0.25, -0.2) is 22.8 Å². The maximum Gasteiger partial charge on any atom is 0.278 e. The molecule has 0 aliphatic heterocycles. The fourth-order valence-electron chi connectivity index (χ4n) is 5.40. The summed E-state index contributed by atoms with van der Waals surface area (Å²) < 4.78 is 44.7. The van der Waals surface area contributed by atoms with Gasteiger partial charge in [0.05, 0.1) is 17.4 Å². The Balaban J connectivity index is 1.45. The van der Waals surface area contributed by atoms with Crippen LogP contribution in [-0.2, 0) is 10.0 Å². The van der Waals surface area contributed by atoms with Crippen LogP contribution in [0.4, 0.5) is 16.0 Å². The molecule has 0 unspecified atom stereocenters. The highest BCUT2D eigenvalue weighted by molar-refractivity contribution is 7.92. The van der Waals surface area contributed by atoms with Crippen molar-refractivity contribution in [1.29, 1.82) is 5.26 Å². The Morgan fingerprint density at radius 3 is 2.47 bits per heavy atom. The molecule has 1 fully saturated rings. The summed E-state index contributed by atoms with van der Waals surface area (Å²) in [5, 5.41) is 12.7. The Bertz CT molecular complexity index is 1880. The summed E-state index contributed by atoms with van der Waals surface area (Å²) in [5.74, 6) is -0.488. The van der Waals surface area contributed by atoms with E-state index in [0.29, 0.717) is 23.2 Å². The van der Waals surface area contributed by atoms with Crippen LogP contribution in [0.25, 0.3) is 22.4 Å². The highest BCUT2D eigenvalue weighted by Crippen LogP contribution is 2.27. The van der Waals surface area contributed by atoms with E-state index in [0.717, 1.165) is 31.7 Å². The molecule has 5 rings (SSSR count). The standard InChI is InChI=1S/C30H33FN8O3S/c1-18(2)39-28-25(17-33-30(36-28)34-21-10-12-22(13-11-21)38(3)4)35-27(29(39)40)19-9-14-24(23(31)15-19)37-43(41,42)26-8-6-5-7-20(26)16-32/h5-9,14-15,17-18,21-22,37H,10-13H2,1-4H3,(H,33,34,36)/t21-,22-. The van der Waals surface area contributed by atoms with Gasteiger partial charge in [0.25, 0.3) is 15.6 Å². The molecule has 1 saturated carbocycles. The highest BCUT2D eigenvalue weighted by atomic mass is 32.2. The van der Waals surface area contributed by atoms with Gasteiger partial charge in [0.2, 0.25) is 5.95 Å². The van der Waals surface area contributed by atoms with E-state index in [-0.39, 0.29) is 39.5 Å². The van der Waals surface area contributed by atoms with E-state index < -0.39 is 21.4 Å². The third-order valence-electron chi connectivity index (χ3n) is 7.69. The fraction of sp³-hybridized carbons (Fsp3) is 0.367. The molecular formula is C30H33FN8O3S. The maximum absolute atomic E-state index is 15.2. The van der Waals surface area contributed by atoms with Crippen molar-refractivity contribution in [3.05, 3.63) is 70.4 Å². The van der Waals surface area contributed by atoms with Crippen LogP contribution in [0.3, 0.4) is 0 Å². The Morgan fingerprint density at radius 2 is 1.81 bits per heavy atom. The zero-order chi connectivity index (χ0) is 30.9. The number of halogens is 1. The minimum atomic E-state index is -4.25. The van der Waals surface area contributed by atoms with Gasteiger partial charge in [-0.05, 0) is 77.9 Å². The lowest BCUT2D eigenvalue weighted by Gasteiger charge is -2.32. The summed E-state index contributed by atoms with van der Waals surface area (Å²) in [5.41, 5.74) is 0.00995. The number of aromatic nitrogens is 4. The van der Waals surface area contributed by atoms with Crippen LogP contribution in [-0.4, -0.2) is 59.0 Å². The van der Waals surface area contributed by atoms with Crippen molar-refractivity contribution in [2.24, 2.45) is 0 Å². The summed E-state index contributed by atoms with van der Waals surface area (Å²) in [6, 6.07) is 11.6. The first-order chi connectivity index (χ1) is 20.5. The molecule has 43 heavy (non-hydrogen) atoms. The van der Waals surface area contributed by atoms with E-state index in [9.17, 15) is 18.5 Å². The summed E-state index contributed by atoms with van der Waals surface area (Å²) >= 11 is 0. The predicted octanol–water partition coefficient (Wildman–Crippen LogP) is 4.53. The van der Waals surface area contributed by atoms with E-state index >= 15 is 4.39 Å². The van der Waals surface area contributed by atoms with Crippen LogP contribution < -0.4 is 15.6 Å². The monoisotopic (exact) mass is 604 g/mol. The van der Waals surface area contributed by atoms with Crippen molar-refractivity contribution in [3.8, 4) is 17.3 Å². The van der Waals surface area contributed by atoms with Crippen molar-refractivity contribution in [3.63, 3.8) is 0 Å². The summed E-state index contributed by atoms with van der Waals surface area (Å²) in [7, 11) is -0.0578. The van der Waals surface area contributed by atoms with E-state index in [2.05, 4.69) is 44.0 Å². The van der Waals surface area contributed by atoms with Gasteiger partial charge in [-0.3, -0.25) is 14.1 Å². The number of anilines is 2. The molecule has 4 aromatic rings. The van der Waals surface area contributed by atoms with Gasteiger partial charge in [-0.1, -0.05) is 18.2 Å². The van der Waals surface area contributed by atoms with Crippen LogP contribution in [0, 0.1) is 17.1 Å². The second kappa shape index (κ2) is 12.1. The van der Waals surface area contributed by atoms with E-state index in [1.807, 2.05) is 19.9 Å². The number of nitrogens with one attached hydrogen (secondary N) is 2. The predicted molar refractivity (Wildman–Crippen MR) is 163 cm³/mol. The zero-order valence-electron chi connectivity index (χ0n) is 24.4. The lowest BCUT2D eigenvalue weighted by atomic mass is 9.91. The third-order valence-corrected chi connectivity index (χ3v) is 9.12. The van der Waals surface area contributed by atoms with Crippen LogP contribution >= 0.6 is 0 Å². The minimum absolute atomic E-state index is 0.0179. The number of hydrogen-bond donors (Lipinski definition) is 2. The molecular weight excluding hydrogens is 571 g/mol. The second-order valence-corrected chi connectivity index (χ2v) is 12.8. The smallest absolute Gasteiger partial charge is 0.278 e. The Hall–Kier alpha value is -4.41. The topological polar surface area (TPSA) is 146 Å². The van der Waals surface area contributed by atoms with Crippen molar-refractivity contribution in [1.82, 2.24) is 24.4 Å². The fourth-order valence-corrected chi connectivity index (χ4v) is 6.62. The first-order valence-electron chi connectivity index (χ1n) is 14.0. The molecule has 2 aromatic heterocycles. The number of benzene rings is 2. The second-order valence-electron chi connectivity index (χ2n) is 11.2. The van der Waals surface area contributed by atoms with Crippen molar-refractivity contribution in [2.45, 2.75) is 62.6 Å². The van der Waals surface area contributed by atoms with Crippen molar-refractivity contribution < 1.29 is 12.8 Å². The molecule has 2 heterocycles. The molecule has 0 atom stereocenters. The normalized spacial score (nSPS) is 17.3. The van der Waals surface area contributed by atoms with Gasteiger partial charge in [-0.2, -0.15) is 10.2 Å². The molecule has 0 bridgehead atoms. The maximum atomic E-state index is 15.2. The summed E-state index contributed by atoms with van der Waals surface area (Å²) in [4.78, 5) is 29.2. The third kappa shape index (κ3) is 6.21. The SMILES string of the molecule is CC(C)n1c(=O)c(-c2ccc(NS(=O)(=O)c3ccccc3C#N)c(F)c2)nc2cnc(N[C@H]3CC[C@H](N(C)C)CC3)nc21. The van der Waals surface area contributed by atoms with Gasteiger partial charge in [0.15, 0.2) is 5.65 Å². The summed E-state index contributed by atoms with van der Waals surface area (Å²) in [6.07, 6.45) is 5.67. The number of sulfonamides is 1. The molecule has 2 N–H and O–H groups in total. The van der Waals surface area contributed by atoms with Gasteiger partial charge < -0.3 is 10.2 Å². The number of hydrogen-bond acceptors (Lipinski definition) is 9.